The number of phenols is 2. The number of benzene rings is 2. The summed E-state index contributed by atoms with van der Waals surface area (Å²) in [5.74, 6) is 3.02. The maximum absolute atomic E-state index is 9.52. The highest BCUT2D eigenvalue weighted by molar-refractivity contribution is 7.99. The molecule has 0 spiro atoms. The van der Waals surface area contributed by atoms with E-state index in [1.807, 2.05) is 49.5 Å². The molecule has 0 unspecified atom stereocenters. The van der Waals surface area contributed by atoms with E-state index in [0.29, 0.717) is 11.5 Å². The van der Waals surface area contributed by atoms with Crippen LogP contribution in [0.25, 0.3) is 0 Å². The van der Waals surface area contributed by atoms with Crippen molar-refractivity contribution in [1.82, 2.24) is 0 Å². The summed E-state index contributed by atoms with van der Waals surface area (Å²) in [5, 5.41) is 19.0. The van der Waals surface area contributed by atoms with E-state index >= 15 is 0 Å². The van der Waals surface area contributed by atoms with Crippen LogP contribution < -0.4 is 0 Å². The second-order valence-electron chi connectivity index (χ2n) is 6.01. The molecular formula is C20H26O2S2. The molecule has 0 saturated heterocycles. The van der Waals surface area contributed by atoms with E-state index < -0.39 is 0 Å². The molecule has 0 aliphatic carbocycles. The van der Waals surface area contributed by atoms with Gasteiger partial charge in [-0.25, -0.2) is 0 Å². The van der Waals surface area contributed by atoms with E-state index in [-0.39, 0.29) is 0 Å². The summed E-state index contributed by atoms with van der Waals surface area (Å²) in [7, 11) is 0. The Labute approximate surface area is 153 Å². The Balaban J connectivity index is 1.53. The van der Waals surface area contributed by atoms with Crippen molar-refractivity contribution in [2.24, 2.45) is 0 Å². The summed E-state index contributed by atoms with van der Waals surface area (Å²) >= 11 is 3.73. The van der Waals surface area contributed by atoms with Crippen LogP contribution in [0.1, 0.15) is 36.8 Å². The molecule has 0 aromatic heterocycles. The molecule has 0 radical (unpaired) electrons. The molecule has 0 heterocycles. The van der Waals surface area contributed by atoms with Gasteiger partial charge < -0.3 is 10.2 Å². The Morgan fingerprint density at radius 2 is 1.08 bits per heavy atom. The van der Waals surface area contributed by atoms with Gasteiger partial charge in [-0.1, -0.05) is 12.8 Å². The van der Waals surface area contributed by atoms with Crippen molar-refractivity contribution in [1.29, 1.82) is 0 Å². The van der Waals surface area contributed by atoms with Gasteiger partial charge in [0.2, 0.25) is 0 Å². The van der Waals surface area contributed by atoms with Crippen molar-refractivity contribution in [2.75, 3.05) is 11.5 Å². The third-order valence-corrected chi connectivity index (χ3v) is 6.07. The van der Waals surface area contributed by atoms with Crippen molar-refractivity contribution < 1.29 is 10.2 Å². The van der Waals surface area contributed by atoms with Crippen LogP contribution in [0.4, 0.5) is 0 Å². The molecule has 0 aliphatic heterocycles. The smallest absolute Gasteiger partial charge is 0.118 e. The Bertz CT molecular complexity index is 599. The SMILES string of the molecule is Cc1cc(SCCCCCCSc2ccc(O)c(C)c2)ccc1O. The van der Waals surface area contributed by atoms with Crippen molar-refractivity contribution in [2.45, 2.75) is 49.3 Å². The molecule has 2 aromatic rings. The van der Waals surface area contributed by atoms with Gasteiger partial charge in [0.05, 0.1) is 0 Å². The maximum atomic E-state index is 9.52. The van der Waals surface area contributed by atoms with Crippen LogP contribution in [0, 0.1) is 13.8 Å². The van der Waals surface area contributed by atoms with E-state index in [2.05, 4.69) is 12.1 Å². The van der Waals surface area contributed by atoms with E-state index in [0.717, 1.165) is 22.6 Å². The van der Waals surface area contributed by atoms with Crippen LogP contribution in [0.2, 0.25) is 0 Å². The summed E-state index contributed by atoms with van der Waals surface area (Å²) in [6, 6.07) is 11.6. The number of hydrogen-bond donors (Lipinski definition) is 2. The Kier molecular flexibility index (Phi) is 7.86. The zero-order chi connectivity index (χ0) is 17.4. The number of hydrogen-bond acceptors (Lipinski definition) is 4. The molecular weight excluding hydrogens is 336 g/mol. The topological polar surface area (TPSA) is 40.5 Å². The molecule has 2 rings (SSSR count). The molecule has 4 heteroatoms. The number of unbranched alkanes of at least 4 members (excludes halogenated alkanes) is 3. The monoisotopic (exact) mass is 362 g/mol. The quantitative estimate of drug-likeness (QED) is 0.414. The lowest BCUT2D eigenvalue weighted by atomic mass is 10.2. The summed E-state index contributed by atoms with van der Waals surface area (Å²) in [4.78, 5) is 2.48. The lowest BCUT2D eigenvalue weighted by Gasteiger charge is -2.06. The molecule has 0 fully saturated rings. The fourth-order valence-corrected chi connectivity index (χ4v) is 4.39. The van der Waals surface area contributed by atoms with Crippen LogP contribution >= 0.6 is 23.5 Å². The third kappa shape index (κ3) is 6.33. The first-order valence-electron chi connectivity index (χ1n) is 8.41. The molecule has 130 valence electrons. The van der Waals surface area contributed by atoms with E-state index in [1.165, 1.54) is 35.5 Å². The molecule has 0 amide bonds. The summed E-state index contributed by atoms with van der Waals surface area (Å²) < 4.78 is 0. The second kappa shape index (κ2) is 9.90. The molecule has 2 aromatic carbocycles. The lowest BCUT2D eigenvalue weighted by Crippen LogP contribution is -1.86. The standard InChI is InChI=1S/C20H26O2S2/c1-15-13-17(7-9-19(15)21)23-11-5-3-4-6-12-24-18-8-10-20(22)16(2)14-18/h7-10,13-14,21-22H,3-6,11-12H2,1-2H3. The molecule has 24 heavy (non-hydrogen) atoms. The minimum absolute atomic E-state index is 0.376. The maximum Gasteiger partial charge on any atom is 0.118 e. The van der Waals surface area contributed by atoms with Crippen molar-refractivity contribution in [3.63, 3.8) is 0 Å². The molecule has 0 saturated carbocycles. The summed E-state index contributed by atoms with van der Waals surface area (Å²) in [6.07, 6.45) is 4.99. The van der Waals surface area contributed by atoms with Gasteiger partial charge >= 0.3 is 0 Å². The predicted octanol–water partition coefficient (Wildman–Crippen LogP) is 6.16. The molecule has 2 nitrogen and oxygen atoms in total. The van der Waals surface area contributed by atoms with Gasteiger partial charge in [0.25, 0.3) is 0 Å². The van der Waals surface area contributed by atoms with Crippen LogP contribution in [-0.2, 0) is 0 Å². The summed E-state index contributed by atoms with van der Waals surface area (Å²) in [6.45, 7) is 3.87. The number of phenolic OH excluding ortho intramolecular Hbond substituents is 2. The predicted molar refractivity (Wildman–Crippen MR) is 106 cm³/mol. The molecule has 0 bridgehead atoms. The van der Waals surface area contributed by atoms with Gasteiger partial charge in [-0.3, -0.25) is 0 Å². The highest BCUT2D eigenvalue weighted by atomic mass is 32.2. The van der Waals surface area contributed by atoms with Crippen LogP contribution in [0.15, 0.2) is 46.2 Å². The van der Waals surface area contributed by atoms with E-state index in [4.69, 9.17) is 0 Å². The molecule has 0 atom stereocenters. The largest absolute Gasteiger partial charge is 0.508 e. The highest BCUT2D eigenvalue weighted by Gasteiger charge is 2.01. The van der Waals surface area contributed by atoms with E-state index in [9.17, 15) is 10.2 Å². The Morgan fingerprint density at radius 1 is 0.667 bits per heavy atom. The number of rotatable bonds is 9. The van der Waals surface area contributed by atoms with Crippen LogP contribution in [0.3, 0.4) is 0 Å². The van der Waals surface area contributed by atoms with Gasteiger partial charge in [0.15, 0.2) is 0 Å². The normalized spacial score (nSPS) is 10.9. The summed E-state index contributed by atoms with van der Waals surface area (Å²) in [5.41, 5.74) is 1.89. The number of aromatic hydroxyl groups is 2. The van der Waals surface area contributed by atoms with Gasteiger partial charge in [-0.15, -0.1) is 23.5 Å². The lowest BCUT2D eigenvalue weighted by molar-refractivity contribution is 0.470. The van der Waals surface area contributed by atoms with Crippen molar-refractivity contribution in [3.05, 3.63) is 47.5 Å². The Morgan fingerprint density at radius 3 is 1.46 bits per heavy atom. The third-order valence-electron chi connectivity index (χ3n) is 3.91. The first-order valence-corrected chi connectivity index (χ1v) is 10.4. The highest BCUT2D eigenvalue weighted by Crippen LogP contribution is 2.27. The zero-order valence-corrected chi connectivity index (χ0v) is 16.1. The van der Waals surface area contributed by atoms with Crippen LogP contribution in [0.5, 0.6) is 11.5 Å². The van der Waals surface area contributed by atoms with E-state index in [1.54, 1.807) is 12.1 Å². The average molecular weight is 363 g/mol. The minimum Gasteiger partial charge on any atom is -0.508 e. The molecule has 0 aliphatic rings. The fraction of sp³-hybridized carbons (Fsp3) is 0.400. The zero-order valence-electron chi connectivity index (χ0n) is 14.4. The second-order valence-corrected chi connectivity index (χ2v) is 8.34. The average Bonchev–Trinajstić information content (AvgIpc) is 2.56. The van der Waals surface area contributed by atoms with Gasteiger partial charge in [0, 0.05) is 9.79 Å². The number of thioether (sulfide) groups is 2. The number of aryl methyl sites for hydroxylation is 2. The van der Waals surface area contributed by atoms with Gasteiger partial charge in [-0.2, -0.15) is 0 Å². The minimum atomic E-state index is 0.376. The van der Waals surface area contributed by atoms with Gasteiger partial charge in [-0.05, 0) is 85.7 Å². The van der Waals surface area contributed by atoms with Crippen LogP contribution in [-0.4, -0.2) is 21.7 Å². The molecule has 2 N–H and O–H groups in total. The van der Waals surface area contributed by atoms with Crippen molar-refractivity contribution in [3.8, 4) is 11.5 Å². The van der Waals surface area contributed by atoms with Gasteiger partial charge in [0.1, 0.15) is 11.5 Å². The Hall–Kier alpha value is -1.26. The van der Waals surface area contributed by atoms with Crippen molar-refractivity contribution >= 4 is 23.5 Å². The first-order chi connectivity index (χ1) is 11.6. The first kappa shape index (κ1) is 19.1. The fourth-order valence-electron chi connectivity index (χ4n) is 2.37.